The fourth-order valence-corrected chi connectivity index (χ4v) is 2.40. The summed E-state index contributed by atoms with van der Waals surface area (Å²) in [5.74, 6) is 5.39. The van der Waals surface area contributed by atoms with E-state index in [-0.39, 0.29) is 11.9 Å². The van der Waals surface area contributed by atoms with E-state index in [4.69, 9.17) is 5.84 Å². The Hall–Kier alpha value is -0.980. The molecule has 0 bridgehead atoms. The Morgan fingerprint density at radius 1 is 1.05 bits per heavy atom. The highest BCUT2D eigenvalue weighted by Gasteiger charge is 2.09. The minimum Gasteiger partial charge on any atom is -0.271 e. The quantitative estimate of drug-likeness (QED) is 0.483. The van der Waals surface area contributed by atoms with Crippen molar-refractivity contribution >= 4 is 22.6 Å². The molecule has 1 unspecified atom stereocenters. The average molecular weight is 370 g/mol. The van der Waals surface area contributed by atoms with Gasteiger partial charge in [0, 0.05) is 9.61 Å². The summed E-state index contributed by atoms with van der Waals surface area (Å²) in [5.41, 5.74) is 4.98. The van der Waals surface area contributed by atoms with Crippen molar-refractivity contribution in [3.63, 3.8) is 0 Å². The summed E-state index contributed by atoms with van der Waals surface area (Å²) in [6.07, 6.45) is 1.53. The van der Waals surface area contributed by atoms with Crippen LogP contribution in [0.15, 0.2) is 48.5 Å². The minimum absolute atomic E-state index is 0.0989. The predicted molar refractivity (Wildman–Crippen MR) is 84.1 cm³/mol. The lowest BCUT2D eigenvalue weighted by atomic mass is 9.99. The number of hydrogen-bond donors (Lipinski definition) is 2. The number of hydrazine groups is 1. The molecule has 0 aliphatic carbocycles. The van der Waals surface area contributed by atoms with E-state index < -0.39 is 0 Å². The highest BCUT2D eigenvalue weighted by atomic mass is 127. The number of rotatable bonds is 5. The van der Waals surface area contributed by atoms with Crippen LogP contribution >= 0.6 is 22.6 Å². The van der Waals surface area contributed by atoms with Crippen LogP contribution in [0, 0.1) is 9.39 Å². The topological polar surface area (TPSA) is 38.0 Å². The van der Waals surface area contributed by atoms with E-state index in [1.54, 1.807) is 12.1 Å². The molecule has 0 aliphatic rings. The van der Waals surface area contributed by atoms with Gasteiger partial charge in [0.2, 0.25) is 0 Å². The Bertz CT molecular complexity index is 528. The molecule has 0 heterocycles. The number of nitrogens with one attached hydrogen (secondary N) is 1. The molecule has 2 nitrogen and oxygen atoms in total. The molecule has 19 heavy (non-hydrogen) atoms. The zero-order valence-electron chi connectivity index (χ0n) is 10.4. The number of hydrogen-bond acceptors (Lipinski definition) is 2. The van der Waals surface area contributed by atoms with Crippen LogP contribution in [0.3, 0.4) is 0 Å². The molecule has 2 rings (SSSR count). The number of nitrogens with two attached hydrogens (primary N) is 1. The molecule has 0 spiro atoms. The van der Waals surface area contributed by atoms with E-state index in [0.29, 0.717) is 6.42 Å². The highest BCUT2D eigenvalue weighted by Crippen LogP contribution is 2.12. The van der Waals surface area contributed by atoms with Gasteiger partial charge < -0.3 is 0 Å². The van der Waals surface area contributed by atoms with Crippen molar-refractivity contribution in [1.82, 2.24) is 5.43 Å². The van der Waals surface area contributed by atoms with Gasteiger partial charge in [-0.25, -0.2) is 4.39 Å². The molecule has 0 saturated heterocycles. The molecule has 3 N–H and O–H groups in total. The summed E-state index contributed by atoms with van der Waals surface area (Å²) >= 11 is 2.28. The SMILES string of the molecule is NNC(Cc1ccc(I)cc1)Cc1cccc(F)c1. The van der Waals surface area contributed by atoms with Gasteiger partial charge >= 0.3 is 0 Å². The van der Waals surface area contributed by atoms with Gasteiger partial charge in [0.15, 0.2) is 0 Å². The smallest absolute Gasteiger partial charge is 0.123 e. The van der Waals surface area contributed by atoms with E-state index in [2.05, 4.69) is 52.3 Å². The van der Waals surface area contributed by atoms with E-state index in [0.717, 1.165) is 12.0 Å². The summed E-state index contributed by atoms with van der Waals surface area (Å²) in [4.78, 5) is 0. The molecular formula is C15H16FIN2. The Balaban J connectivity index is 2.02. The van der Waals surface area contributed by atoms with Crippen LogP contribution in [0.25, 0.3) is 0 Å². The monoisotopic (exact) mass is 370 g/mol. The first-order valence-electron chi connectivity index (χ1n) is 6.12. The predicted octanol–water partition coefficient (Wildman–Crippen LogP) is 3.05. The fraction of sp³-hybridized carbons (Fsp3) is 0.200. The van der Waals surface area contributed by atoms with Crippen molar-refractivity contribution in [3.05, 3.63) is 69.0 Å². The second-order valence-electron chi connectivity index (χ2n) is 4.53. The molecule has 2 aromatic carbocycles. The standard InChI is InChI=1S/C15H16FIN2/c16-13-3-1-2-12(8-13)10-15(19-18)9-11-4-6-14(17)7-5-11/h1-8,15,19H,9-10,18H2. The maximum Gasteiger partial charge on any atom is 0.123 e. The summed E-state index contributed by atoms with van der Waals surface area (Å²) in [5, 5.41) is 0. The molecule has 0 saturated carbocycles. The van der Waals surface area contributed by atoms with Crippen LogP contribution in [0.2, 0.25) is 0 Å². The Labute approximate surface area is 126 Å². The molecule has 0 aliphatic heterocycles. The maximum absolute atomic E-state index is 13.1. The van der Waals surface area contributed by atoms with Crippen LogP contribution in [0.1, 0.15) is 11.1 Å². The van der Waals surface area contributed by atoms with Gasteiger partial charge in [-0.05, 0) is 70.8 Å². The Morgan fingerprint density at radius 2 is 1.74 bits per heavy atom. The van der Waals surface area contributed by atoms with Crippen molar-refractivity contribution < 1.29 is 4.39 Å². The molecule has 0 amide bonds. The van der Waals surface area contributed by atoms with Crippen LogP contribution < -0.4 is 11.3 Å². The maximum atomic E-state index is 13.1. The van der Waals surface area contributed by atoms with Crippen LogP contribution in [-0.4, -0.2) is 6.04 Å². The van der Waals surface area contributed by atoms with Gasteiger partial charge in [0.1, 0.15) is 5.82 Å². The molecule has 0 aromatic heterocycles. The molecule has 2 aromatic rings. The Morgan fingerprint density at radius 3 is 2.37 bits per heavy atom. The fourth-order valence-electron chi connectivity index (χ4n) is 2.04. The van der Waals surface area contributed by atoms with Gasteiger partial charge in [0.05, 0.1) is 0 Å². The van der Waals surface area contributed by atoms with Crippen LogP contribution in [-0.2, 0) is 12.8 Å². The second-order valence-corrected chi connectivity index (χ2v) is 5.77. The zero-order chi connectivity index (χ0) is 13.7. The normalized spacial score (nSPS) is 12.4. The lowest BCUT2D eigenvalue weighted by Gasteiger charge is -2.16. The first-order valence-corrected chi connectivity index (χ1v) is 7.20. The van der Waals surface area contributed by atoms with Gasteiger partial charge in [0.25, 0.3) is 0 Å². The largest absolute Gasteiger partial charge is 0.271 e. The third-order valence-corrected chi connectivity index (χ3v) is 3.72. The van der Waals surface area contributed by atoms with Gasteiger partial charge in [-0.15, -0.1) is 0 Å². The van der Waals surface area contributed by atoms with Gasteiger partial charge in [-0.2, -0.15) is 0 Å². The molecule has 0 fully saturated rings. The van der Waals surface area contributed by atoms with E-state index in [1.807, 2.05) is 6.07 Å². The van der Waals surface area contributed by atoms with Crippen LogP contribution in [0.5, 0.6) is 0 Å². The molecule has 0 radical (unpaired) electrons. The van der Waals surface area contributed by atoms with Crippen molar-refractivity contribution in [2.45, 2.75) is 18.9 Å². The lowest BCUT2D eigenvalue weighted by Crippen LogP contribution is -2.38. The number of benzene rings is 2. The first kappa shape index (κ1) is 14.4. The zero-order valence-corrected chi connectivity index (χ0v) is 12.6. The lowest BCUT2D eigenvalue weighted by molar-refractivity contribution is 0.520. The highest BCUT2D eigenvalue weighted by molar-refractivity contribution is 14.1. The van der Waals surface area contributed by atoms with Crippen molar-refractivity contribution in [2.24, 2.45) is 5.84 Å². The summed E-state index contributed by atoms with van der Waals surface area (Å²) in [7, 11) is 0. The van der Waals surface area contributed by atoms with Crippen molar-refractivity contribution in [3.8, 4) is 0 Å². The summed E-state index contributed by atoms with van der Waals surface area (Å²) in [6, 6.07) is 15.1. The van der Waals surface area contributed by atoms with Crippen molar-refractivity contribution in [1.29, 1.82) is 0 Å². The summed E-state index contributed by atoms with van der Waals surface area (Å²) < 4.78 is 14.4. The third kappa shape index (κ3) is 4.56. The van der Waals surface area contributed by atoms with E-state index >= 15 is 0 Å². The van der Waals surface area contributed by atoms with Crippen LogP contribution in [0.4, 0.5) is 4.39 Å². The van der Waals surface area contributed by atoms with E-state index in [9.17, 15) is 4.39 Å². The number of halogens is 2. The Kier molecular flexibility index (Phi) is 5.30. The second kappa shape index (κ2) is 6.98. The summed E-state index contributed by atoms with van der Waals surface area (Å²) in [6.45, 7) is 0. The van der Waals surface area contributed by atoms with E-state index in [1.165, 1.54) is 15.2 Å². The first-order chi connectivity index (χ1) is 9.17. The average Bonchev–Trinajstić information content (AvgIpc) is 2.40. The molecular weight excluding hydrogens is 354 g/mol. The van der Waals surface area contributed by atoms with Gasteiger partial charge in [-0.3, -0.25) is 11.3 Å². The van der Waals surface area contributed by atoms with Gasteiger partial charge in [-0.1, -0.05) is 24.3 Å². The molecule has 100 valence electrons. The van der Waals surface area contributed by atoms with Crippen molar-refractivity contribution in [2.75, 3.05) is 0 Å². The third-order valence-electron chi connectivity index (χ3n) is 3.00. The minimum atomic E-state index is -0.206. The molecule has 1 atom stereocenters. The molecule has 4 heteroatoms.